The van der Waals surface area contributed by atoms with Crippen molar-refractivity contribution >= 4 is 22.6 Å². The van der Waals surface area contributed by atoms with E-state index >= 15 is 0 Å². The number of methoxy groups -OCH3 is 1. The molecule has 0 saturated carbocycles. The topological polar surface area (TPSA) is 65.9 Å². The summed E-state index contributed by atoms with van der Waals surface area (Å²) in [5.74, 6) is 0.429. The predicted octanol–water partition coefficient (Wildman–Crippen LogP) is 3.86. The Kier molecular flexibility index (Phi) is 7.75. The van der Waals surface area contributed by atoms with Gasteiger partial charge < -0.3 is 19.6 Å². The summed E-state index contributed by atoms with van der Waals surface area (Å²) in [4.78, 5) is 21.9. The maximum atomic E-state index is 13.3. The lowest BCUT2D eigenvalue weighted by Gasteiger charge is -2.33. The van der Waals surface area contributed by atoms with Gasteiger partial charge in [0.15, 0.2) is 0 Å². The maximum absolute atomic E-state index is 13.3. The van der Waals surface area contributed by atoms with Gasteiger partial charge in [0.2, 0.25) is 5.91 Å². The first-order valence-electron chi connectivity index (χ1n) is 11.8. The number of carbonyl (C=O) groups is 1. The van der Waals surface area contributed by atoms with Crippen molar-refractivity contribution in [1.29, 1.82) is 0 Å². The number of carbonyl (C=O) groups excluding carboxylic acids is 1. The molecule has 2 aromatic carbocycles. The zero-order valence-electron chi connectivity index (χ0n) is 19.8. The third-order valence-electron chi connectivity index (χ3n) is 6.37. The van der Waals surface area contributed by atoms with E-state index in [1.165, 1.54) is 19.2 Å². The highest BCUT2D eigenvalue weighted by molar-refractivity contribution is 5.85. The molecule has 0 unspecified atom stereocenters. The van der Waals surface area contributed by atoms with Crippen LogP contribution in [0.4, 0.5) is 10.2 Å². The SMILES string of the molecule is COCC(=O)N(CCc1ccc(F)cc1)Cc1cc2cccc(C)c2nc1N1CCC[C@@H](O)C1. The first-order chi connectivity index (χ1) is 16.4. The number of aromatic nitrogens is 1. The molecule has 1 atom stereocenters. The molecule has 6 nitrogen and oxygen atoms in total. The molecule has 1 amide bonds. The Morgan fingerprint density at radius 3 is 2.79 bits per heavy atom. The molecular formula is C27H32FN3O3. The number of amides is 1. The van der Waals surface area contributed by atoms with E-state index in [0.717, 1.165) is 52.8 Å². The van der Waals surface area contributed by atoms with E-state index in [4.69, 9.17) is 9.72 Å². The van der Waals surface area contributed by atoms with Gasteiger partial charge in [-0.25, -0.2) is 9.37 Å². The molecule has 180 valence electrons. The molecule has 0 radical (unpaired) electrons. The quantitative estimate of drug-likeness (QED) is 0.547. The molecule has 0 bridgehead atoms. The molecular weight excluding hydrogens is 433 g/mol. The van der Waals surface area contributed by atoms with E-state index in [2.05, 4.69) is 11.0 Å². The Balaban J connectivity index is 1.66. The van der Waals surface area contributed by atoms with Crippen molar-refractivity contribution in [2.75, 3.05) is 38.3 Å². The molecule has 4 rings (SSSR count). The molecule has 1 aromatic heterocycles. The predicted molar refractivity (Wildman–Crippen MR) is 131 cm³/mol. The molecule has 7 heteroatoms. The highest BCUT2D eigenvalue weighted by Gasteiger charge is 2.24. The average molecular weight is 466 g/mol. The zero-order valence-corrected chi connectivity index (χ0v) is 19.8. The summed E-state index contributed by atoms with van der Waals surface area (Å²) in [6.45, 7) is 4.22. The van der Waals surface area contributed by atoms with Crippen LogP contribution >= 0.6 is 0 Å². The van der Waals surface area contributed by atoms with Gasteiger partial charge >= 0.3 is 0 Å². The highest BCUT2D eigenvalue weighted by atomic mass is 19.1. The van der Waals surface area contributed by atoms with Gasteiger partial charge in [0.05, 0.1) is 11.6 Å². The van der Waals surface area contributed by atoms with Gasteiger partial charge in [0.1, 0.15) is 18.2 Å². The molecule has 1 N–H and O–H groups in total. The van der Waals surface area contributed by atoms with E-state index in [1.807, 2.05) is 25.1 Å². The lowest BCUT2D eigenvalue weighted by atomic mass is 10.0. The standard InChI is InChI=1S/C27H32FN3O3/c1-19-5-3-6-21-15-22(27(29-26(19)21)31-13-4-7-24(32)17-31)16-30(25(33)18-34-2)14-12-20-8-10-23(28)11-9-20/h3,5-6,8-11,15,24,32H,4,7,12-14,16-18H2,1-2H3/t24-/m1/s1. The summed E-state index contributed by atoms with van der Waals surface area (Å²) >= 11 is 0. The van der Waals surface area contributed by atoms with Crippen molar-refractivity contribution in [1.82, 2.24) is 9.88 Å². The summed E-state index contributed by atoms with van der Waals surface area (Å²) < 4.78 is 18.4. The minimum Gasteiger partial charge on any atom is -0.391 e. The van der Waals surface area contributed by atoms with E-state index in [-0.39, 0.29) is 24.4 Å². The number of halogens is 1. The minimum atomic E-state index is -0.388. The second-order valence-corrected chi connectivity index (χ2v) is 8.98. The number of benzene rings is 2. The number of hydrogen-bond donors (Lipinski definition) is 1. The monoisotopic (exact) mass is 465 g/mol. The fourth-order valence-corrected chi connectivity index (χ4v) is 4.55. The summed E-state index contributed by atoms with van der Waals surface area (Å²) in [5, 5.41) is 11.3. The van der Waals surface area contributed by atoms with E-state index < -0.39 is 0 Å². The van der Waals surface area contributed by atoms with Crippen LogP contribution < -0.4 is 4.90 Å². The molecule has 2 heterocycles. The maximum Gasteiger partial charge on any atom is 0.248 e. The molecule has 1 saturated heterocycles. The van der Waals surface area contributed by atoms with Gasteiger partial charge in [-0.1, -0.05) is 30.3 Å². The molecule has 3 aromatic rings. The van der Waals surface area contributed by atoms with Crippen LogP contribution in [0.2, 0.25) is 0 Å². The number of rotatable bonds is 8. The van der Waals surface area contributed by atoms with Crippen LogP contribution in [-0.4, -0.2) is 60.4 Å². The molecule has 34 heavy (non-hydrogen) atoms. The molecule has 1 aliphatic heterocycles. The largest absolute Gasteiger partial charge is 0.391 e. The summed E-state index contributed by atoms with van der Waals surface area (Å²) in [6, 6.07) is 14.6. The van der Waals surface area contributed by atoms with Crippen molar-refractivity contribution in [2.24, 2.45) is 0 Å². The number of aliphatic hydroxyl groups excluding tert-OH is 1. The Morgan fingerprint density at radius 1 is 1.26 bits per heavy atom. The number of ether oxygens (including phenoxy) is 1. The first-order valence-corrected chi connectivity index (χ1v) is 11.8. The Morgan fingerprint density at radius 2 is 2.06 bits per heavy atom. The Labute approximate surface area is 200 Å². The number of pyridine rings is 1. The smallest absolute Gasteiger partial charge is 0.248 e. The second-order valence-electron chi connectivity index (χ2n) is 8.98. The number of anilines is 1. The van der Waals surface area contributed by atoms with Crippen molar-refractivity contribution < 1.29 is 19.0 Å². The Bertz CT molecular complexity index is 1140. The number of para-hydroxylation sites is 1. The van der Waals surface area contributed by atoms with Crippen LogP contribution in [0.3, 0.4) is 0 Å². The van der Waals surface area contributed by atoms with Crippen LogP contribution in [0, 0.1) is 12.7 Å². The number of β-amino-alcohol motifs (C(OH)–C–C–N with tert-alkyl or cyclic N) is 1. The third-order valence-corrected chi connectivity index (χ3v) is 6.37. The third kappa shape index (κ3) is 5.72. The van der Waals surface area contributed by atoms with Crippen LogP contribution in [0.5, 0.6) is 0 Å². The van der Waals surface area contributed by atoms with Crippen LogP contribution in [-0.2, 0) is 22.5 Å². The fourth-order valence-electron chi connectivity index (χ4n) is 4.55. The zero-order chi connectivity index (χ0) is 24.1. The number of hydrogen-bond acceptors (Lipinski definition) is 5. The molecule has 0 spiro atoms. The minimum absolute atomic E-state index is 0.0126. The van der Waals surface area contributed by atoms with Crippen molar-refractivity contribution in [3.8, 4) is 0 Å². The van der Waals surface area contributed by atoms with Gasteiger partial charge in [-0.05, 0) is 55.5 Å². The highest BCUT2D eigenvalue weighted by Crippen LogP contribution is 2.29. The number of nitrogens with zero attached hydrogens (tertiary/aromatic N) is 3. The number of piperidine rings is 1. The van der Waals surface area contributed by atoms with Crippen LogP contribution in [0.15, 0.2) is 48.5 Å². The Hall–Kier alpha value is -3.03. The van der Waals surface area contributed by atoms with E-state index in [0.29, 0.717) is 26.1 Å². The van der Waals surface area contributed by atoms with Gasteiger partial charge in [-0.15, -0.1) is 0 Å². The summed E-state index contributed by atoms with van der Waals surface area (Å²) in [6.07, 6.45) is 1.90. The van der Waals surface area contributed by atoms with Gasteiger partial charge in [-0.3, -0.25) is 4.79 Å². The van der Waals surface area contributed by atoms with E-state index in [9.17, 15) is 14.3 Å². The van der Waals surface area contributed by atoms with Crippen molar-refractivity contribution in [2.45, 2.75) is 38.8 Å². The molecule has 1 aliphatic rings. The van der Waals surface area contributed by atoms with Gasteiger partial charge in [0, 0.05) is 44.2 Å². The van der Waals surface area contributed by atoms with Gasteiger partial charge in [-0.2, -0.15) is 0 Å². The number of fused-ring (bicyclic) bond motifs is 1. The van der Waals surface area contributed by atoms with Crippen molar-refractivity contribution in [3.05, 3.63) is 71.0 Å². The van der Waals surface area contributed by atoms with Crippen LogP contribution in [0.1, 0.15) is 29.5 Å². The van der Waals surface area contributed by atoms with Crippen molar-refractivity contribution in [3.63, 3.8) is 0 Å². The molecule has 1 fully saturated rings. The van der Waals surface area contributed by atoms with Crippen LogP contribution in [0.25, 0.3) is 10.9 Å². The lowest BCUT2D eigenvalue weighted by Crippen LogP contribution is -2.40. The average Bonchev–Trinajstić information content (AvgIpc) is 2.82. The number of aliphatic hydroxyl groups is 1. The summed E-state index contributed by atoms with van der Waals surface area (Å²) in [7, 11) is 1.51. The first kappa shape index (κ1) is 24.1. The number of aryl methyl sites for hydroxylation is 1. The lowest BCUT2D eigenvalue weighted by molar-refractivity contribution is -0.135. The normalized spacial score (nSPS) is 16.1. The summed E-state index contributed by atoms with van der Waals surface area (Å²) in [5.41, 5.74) is 3.92. The van der Waals surface area contributed by atoms with E-state index in [1.54, 1.807) is 17.0 Å². The fraction of sp³-hybridized carbons (Fsp3) is 0.407. The van der Waals surface area contributed by atoms with Gasteiger partial charge in [0.25, 0.3) is 0 Å². The second kappa shape index (κ2) is 10.9. The molecule has 0 aliphatic carbocycles.